The molecule has 0 aromatic carbocycles. The lowest BCUT2D eigenvalue weighted by Gasteiger charge is -2.04. The predicted molar refractivity (Wildman–Crippen MR) is 54.7 cm³/mol. The second-order valence-electron chi connectivity index (χ2n) is 3.18. The molecule has 0 aliphatic heterocycles. The van der Waals surface area contributed by atoms with E-state index in [1.54, 1.807) is 18.5 Å². The molecule has 0 fully saturated rings. The second kappa shape index (κ2) is 3.49. The topological polar surface area (TPSA) is 56.7 Å². The van der Waals surface area contributed by atoms with Crippen molar-refractivity contribution in [2.24, 2.45) is 0 Å². The number of nitrogen functional groups attached to an aromatic ring is 1. The van der Waals surface area contributed by atoms with Gasteiger partial charge in [-0.15, -0.1) is 0 Å². The van der Waals surface area contributed by atoms with Gasteiger partial charge >= 0.3 is 0 Å². The Morgan fingerprint density at radius 2 is 2.21 bits per heavy atom. The number of pyridine rings is 1. The van der Waals surface area contributed by atoms with Gasteiger partial charge in [0.1, 0.15) is 5.82 Å². The number of nitrogens with zero attached hydrogens (tertiary/aromatic N) is 3. The molecule has 2 N–H and O–H groups in total. The van der Waals surface area contributed by atoms with Crippen LogP contribution in [0.1, 0.15) is 11.5 Å². The minimum atomic E-state index is 0.719. The highest BCUT2D eigenvalue weighted by Crippen LogP contribution is 2.06. The molecule has 0 saturated heterocycles. The first-order chi connectivity index (χ1) is 6.75. The largest absolute Gasteiger partial charge is 0.399 e. The molecule has 0 atom stereocenters. The molecule has 4 nitrogen and oxygen atoms in total. The van der Waals surface area contributed by atoms with Crippen LogP contribution in [-0.4, -0.2) is 14.5 Å². The molecule has 2 aromatic rings. The normalized spacial score (nSPS) is 10.4. The van der Waals surface area contributed by atoms with Gasteiger partial charge < -0.3 is 10.3 Å². The van der Waals surface area contributed by atoms with Crippen molar-refractivity contribution in [2.75, 3.05) is 5.73 Å². The van der Waals surface area contributed by atoms with Crippen molar-refractivity contribution in [3.63, 3.8) is 0 Å². The van der Waals surface area contributed by atoms with E-state index in [1.165, 1.54) is 0 Å². The fourth-order valence-corrected chi connectivity index (χ4v) is 1.33. The summed E-state index contributed by atoms with van der Waals surface area (Å²) in [6.45, 7) is 2.68. The molecular weight excluding hydrogens is 176 g/mol. The van der Waals surface area contributed by atoms with E-state index in [1.807, 2.05) is 23.8 Å². The second-order valence-corrected chi connectivity index (χ2v) is 3.18. The van der Waals surface area contributed by atoms with Crippen LogP contribution >= 0.6 is 0 Å². The highest BCUT2D eigenvalue weighted by molar-refractivity contribution is 5.37. The molecule has 0 radical (unpaired) electrons. The summed E-state index contributed by atoms with van der Waals surface area (Å²) in [4.78, 5) is 8.37. The first-order valence-electron chi connectivity index (χ1n) is 4.44. The Bertz CT molecular complexity index is 433. The number of imidazole rings is 1. The summed E-state index contributed by atoms with van der Waals surface area (Å²) < 4.78 is 2.03. The van der Waals surface area contributed by atoms with Crippen LogP contribution in [0.5, 0.6) is 0 Å². The number of rotatable bonds is 2. The fraction of sp³-hybridized carbons (Fsp3) is 0.200. The maximum atomic E-state index is 5.66. The number of aryl methyl sites for hydroxylation is 1. The van der Waals surface area contributed by atoms with Gasteiger partial charge in [0.25, 0.3) is 0 Å². The van der Waals surface area contributed by atoms with Gasteiger partial charge in [-0.2, -0.15) is 0 Å². The van der Waals surface area contributed by atoms with E-state index in [4.69, 9.17) is 5.73 Å². The van der Waals surface area contributed by atoms with E-state index >= 15 is 0 Å². The number of anilines is 1. The quantitative estimate of drug-likeness (QED) is 0.770. The van der Waals surface area contributed by atoms with Crippen molar-refractivity contribution < 1.29 is 0 Å². The van der Waals surface area contributed by atoms with Crippen molar-refractivity contribution in [1.29, 1.82) is 0 Å². The minimum Gasteiger partial charge on any atom is -0.399 e. The zero-order valence-electron chi connectivity index (χ0n) is 8.01. The molecule has 0 aliphatic rings. The average molecular weight is 188 g/mol. The van der Waals surface area contributed by atoms with Gasteiger partial charge in [0.15, 0.2) is 0 Å². The maximum absolute atomic E-state index is 5.66. The summed E-state index contributed by atoms with van der Waals surface area (Å²) in [5, 5.41) is 0. The molecule has 0 saturated carbocycles. The van der Waals surface area contributed by atoms with E-state index in [-0.39, 0.29) is 0 Å². The van der Waals surface area contributed by atoms with Gasteiger partial charge in [-0.3, -0.25) is 4.98 Å². The van der Waals surface area contributed by atoms with Crippen molar-refractivity contribution in [3.8, 4) is 0 Å². The van der Waals surface area contributed by atoms with Gasteiger partial charge in [-0.05, 0) is 19.1 Å². The first kappa shape index (κ1) is 8.74. The third kappa shape index (κ3) is 1.74. The van der Waals surface area contributed by atoms with Gasteiger partial charge in [-0.25, -0.2) is 4.98 Å². The lowest BCUT2D eigenvalue weighted by atomic mass is 10.3. The molecular formula is C10H12N4. The Balaban J connectivity index is 2.23. The molecule has 0 amide bonds. The standard InChI is InChI=1S/C10H12N4/c1-8-12-4-5-14(8)7-10-6-9(11)2-3-13-10/h2-6H,7H2,1H3,(H2,11,13). The molecule has 0 unspecified atom stereocenters. The maximum Gasteiger partial charge on any atom is 0.105 e. The van der Waals surface area contributed by atoms with Crippen molar-refractivity contribution in [1.82, 2.24) is 14.5 Å². The molecule has 0 aliphatic carbocycles. The summed E-state index contributed by atoms with van der Waals surface area (Å²) in [5.41, 5.74) is 7.35. The van der Waals surface area contributed by atoms with Gasteiger partial charge in [0.05, 0.1) is 12.2 Å². The Morgan fingerprint density at radius 1 is 1.36 bits per heavy atom. The molecule has 14 heavy (non-hydrogen) atoms. The summed E-state index contributed by atoms with van der Waals surface area (Å²) >= 11 is 0. The Kier molecular flexibility index (Phi) is 2.18. The Labute approximate surface area is 82.4 Å². The SMILES string of the molecule is Cc1nccn1Cc1cc(N)ccn1. The minimum absolute atomic E-state index is 0.719. The zero-order chi connectivity index (χ0) is 9.97. The van der Waals surface area contributed by atoms with Gasteiger partial charge in [0, 0.05) is 24.3 Å². The molecule has 4 heteroatoms. The fourth-order valence-electron chi connectivity index (χ4n) is 1.33. The van der Waals surface area contributed by atoms with E-state index in [2.05, 4.69) is 9.97 Å². The van der Waals surface area contributed by atoms with Crippen LogP contribution in [-0.2, 0) is 6.54 Å². The Morgan fingerprint density at radius 3 is 2.86 bits per heavy atom. The van der Waals surface area contributed by atoms with Crippen molar-refractivity contribution in [2.45, 2.75) is 13.5 Å². The van der Waals surface area contributed by atoms with E-state index in [0.29, 0.717) is 0 Å². The summed E-state index contributed by atoms with van der Waals surface area (Å²) in [6.07, 6.45) is 5.43. The molecule has 2 heterocycles. The predicted octanol–water partition coefficient (Wildman–Crippen LogP) is 1.22. The van der Waals surface area contributed by atoms with E-state index in [9.17, 15) is 0 Å². The zero-order valence-corrected chi connectivity index (χ0v) is 8.01. The van der Waals surface area contributed by atoms with Crippen molar-refractivity contribution >= 4 is 5.69 Å². The highest BCUT2D eigenvalue weighted by atomic mass is 15.1. The van der Waals surface area contributed by atoms with Crippen LogP contribution in [0.2, 0.25) is 0 Å². The molecule has 0 bridgehead atoms. The molecule has 72 valence electrons. The number of nitrogens with two attached hydrogens (primary N) is 1. The smallest absolute Gasteiger partial charge is 0.105 e. The lowest BCUT2D eigenvalue weighted by molar-refractivity contribution is 0.742. The van der Waals surface area contributed by atoms with Crippen LogP contribution in [0, 0.1) is 6.92 Å². The van der Waals surface area contributed by atoms with Crippen LogP contribution in [0.3, 0.4) is 0 Å². The third-order valence-corrected chi connectivity index (χ3v) is 2.10. The van der Waals surface area contributed by atoms with E-state index < -0.39 is 0 Å². The molecule has 2 rings (SSSR count). The van der Waals surface area contributed by atoms with Crippen LogP contribution in [0.4, 0.5) is 5.69 Å². The third-order valence-electron chi connectivity index (χ3n) is 2.10. The van der Waals surface area contributed by atoms with Gasteiger partial charge in [-0.1, -0.05) is 0 Å². The van der Waals surface area contributed by atoms with Gasteiger partial charge in [0.2, 0.25) is 0 Å². The van der Waals surface area contributed by atoms with Crippen LogP contribution in [0.25, 0.3) is 0 Å². The van der Waals surface area contributed by atoms with Crippen LogP contribution in [0.15, 0.2) is 30.7 Å². The highest BCUT2D eigenvalue weighted by Gasteiger charge is 1.99. The number of aromatic nitrogens is 3. The monoisotopic (exact) mass is 188 g/mol. The van der Waals surface area contributed by atoms with Crippen molar-refractivity contribution in [3.05, 3.63) is 42.2 Å². The van der Waals surface area contributed by atoms with E-state index in [0.717, 1.165) is 23.8 Å². The molecule has 0 spiro atoms. The number of hydrogen-bond acceptors (Lipinski definition) is 3. The molecule has 2 aromatic heterocycles. The number of hydrogen-bond donors (Lipinski definition) is 1. The van der Waals surface area contributed by atoms with Crippen LogP contribution < -0.4 is 5.73 Å². The lowest BCUT2D eigenvalue weighted by Crippen LogP contribution is -2.03. The Hall–Kier alpha value is -1.84. The first-order valence-corrected chi connectivity index (χ1v) is 4.44. The summed E-state index contributed by atoms with van der Waals surface area (Å²) in [5.74, 6) is 0.981. The average Bonchev–Trinajstić information content (AvgIpc) is 2.52. The summed E-state index contributed by atoms with van der Waals surface area (Å²) in [6, 6.07) is 3.66. The summed E-state index contributed by atoms with van der Waals surface area (Å²) in [7, 11) is 0.